The number of carbonyl (C=O) groups excluding carboxylic acids is 1. The van der Waals surface area contributed by atoms with Crippen LogP contribution in [0.3, 0.4) is 0 Å². The third kappa shape index (κ3) is 4.29. The normalized spacial score (nSPS) is 11.1. The van der Waals surface area contributed by atoms with Crippen molar-refractivity contribution in [2.45, 2.75) is 26.6 Å². The Morgan fingerprint density at radius 3 is 2.55 bits per heavy atom. The van der Waals surface area contributed by atoms with Gasteiger partial charge in [0.15, 0.2) is 11.5 Å². The zero-order valence-electron chi connectivity index (χ0n) is 11.2. The number of hydrogen-bond acceptors (Lipinski definition) is 5. The van der Waals surface area contributed by atoms with Gasteiger partial charge in [-0.1, -0.05) is 0 Å². The smallest absolute Gasteiger partial charge is 0.491 e. The molecule has 0 amide bonds. The molecule has 1 rings (SSSR count). The molecule has 1 aromatic heterocycles. The van der Waals surface area contributed by atoms with Crippen molar-refractivity contribution in [3.8, 4) is 11.5 Å². The molecule has 5 nitrogen and oxygen atoms in total. The third-order valence-electron chi connectivity index (χ3n) is 2.39. The molecule has 8 heteroatoms. The molecular weight excluding hydrogens is 279 g/mol. The van der Waals surface area contributed by atoms with Crippen molar-refractivity contribution in [3.05, 3.63) is 17.5 Å². The quantitative estimate of drug-likeness (QED) is 0.780. The highest BCUT2D eigenvalue weighted by atomic mass is 19.4. The summed E-state index contributed by atoms with van der Waals surface area (Å²) >= 11 is 0. The van der Waals surface area contributed by atoms with Gasteiger partial charge in [0.05, 0.1) is 32.0 Å². The summed E-state index contributed by atoms with van der Waals surface area (Å²) < 4.78 is 50.5. The molecule has 0 unspecified atom stereocenters. The topological polar surface area (TPSA) is 57.7 Å². The summed E-state index contributed by atoms with van der Waals surface area (Å²) in [7, 11) is 1.20. The summed E-state index contributed by atoms with van der Waals surface area (Å²) in [5.41, 5.74) is 0.221. The van der Waals surface area contributed by atoms with Crippen LogP contribution < -0.4 is 9.47 Å². The van der Waals surface area contributed by atoms with Crippen LogP contribution in [0.5, 0.6) is 11.5 Å². The SMILES string of the molecule is CCOC(=O)Cc1ncc(OC)c(OC(F)(F)F)c1C. The fourth-order valence-corrected chi connectivity index (χ4v) is 1.52. The highest BCUT2D eigenvalue weighted by Crippen LogP contribution is 2.35. The van der Waals surface area contributed by atoms with E-state index in [1.807, 2.05) is 0 Å². The van der Waals surface area contributed by atoms with E-state index in [-0.39, 0.29) is 30.0 Å². The maximum atomic E-state index is 12.4. The Balaban J connectivity index is 3.11. The van der Waals surface area contributed by atoms with Gasteiger partial charge in [-0.15, -0.1) is 13.2 Å². The summed E-state index contributed by atoms with van der Waals surface area (Å²) in [5, 5.41) is 0. The summed E-state index contributed by atoms with van der Waals surface area (Å²) in [4.78, 5) is 15.2. The predicted molar refractivity (Wildman–Crippen MR) is 62.5 cm³/mol. The van der Waals surface area contributed by atoms with Crippen molar-refractivity contribution in [2.75, 3.05) is 13.7 Å². The zero-order chi connectivity index (χ0) is 15.3. The minimum absolute atomic E-state index is 0.0785. The van der Waals surface area contributed by atoms with E-state index >= 15 is 0 Å². The minimum Gasteiger partial charge on any atom is -0.491 e. The first-order valence-electron chi connectivity index (χ1n) is 5.72. The van der Waals surface area contributed by atoms with Crippen molar-refractivity contribution in [1.82, 2.24) is 4.98 Å². The van der Waals surface area contributed by atoms with Crippen LogP contribution >= 0.6 is 0 Å². The maximum absolute atomic E-state index is 12.4. The van der Waals surface area contributed by atoms with E-state index in [1.165, 1.54) is 14.0 Å². The number of hydrogen-bond donors (Lipinski definition) is 0. The molecule has 0 saturated carbocycles. The molecule has 1 heterocycles. The standard InChI is InChI=1S/C12H14F3NO4/c1-4-19-10(17)5-8-7(2)11(20-12(13,14)15)9(18-3)6-16-8/h6H,4-5H2,1-3H3. The molecule has 0 radical (unpaired) electrons. The Bertz CT molecular complexity index is 488. The lowest BCUT2D eigenvalue weighted by atomic mass is 10.1. The number of carbonyl (C=O) groups is 1. The van der Waals surface area contributed by atoms with Gasteiger partial charge >= 0.3 is 12.3 Å². The summed E-state index contributed by atoms with van der Waals surface area (Å²) in [6, 6.07) is 0. The van der Waals surface area contributed by atoms with E-state index in [0.717, 1.165) is 6.20 Å². The first-order chi connectivity index (χ1) is 9.28. The average molecular weight is 293 g/mol. The van der Waals surface area contributed by atoms with E-state index in [2.05, 4.69) is 9.72 Å². The number of rotatable bonds is 5. The van der Waals surface area contributed by atoms with Gasteiger partial charge in [-0.25, -0.2) is 0 Å². The second-order valence-corrected chi connectivity index (χ2v) is 3.76. The minimum atomic E-state index is -4.86. The van der Waals surface area contributed by atoms with Crippen LogP contribution in [0.4, 0.5) is 13.2 Å². The van der Waals surface area contributed by atoms with Gasteiger partial charge in [-0.3, -0.25) is 9.78 Å². The van der Waals surface area contributed by atoms with Crippen LogP contribution in [-0.2, 0) is 16.0 Å². The summed E-state index contributed by atoms with van der Waals surface area (Å²) in [5.74, 6) is -1.24. The monoisotopic (exact) mass is 293 g/mol. The van der Waals surface area contributed by atoms with Gasteiger partial charge in [0.1, 0.15) is 0 Å². The number of pyridine rings is 1. The summed E-state index contributed by atoms with van der Waals surface area (Å²) in [6.07, 6.45) is -4.03. The molecular formula is C12H14F3NO4. The largest absolute Gasteiger partial charge is 0.573 e. The lowest BCUT2D eigenvalue weighted by Crippen LogP contribution is -2.19. The second-order valence-electron chi connectivity index (χ2n) is 3.76. The Hall–Kier alpha value is -1.99. The number of ether oxygens (including phenoxy) is 3. The van der Waals surface area contributed by atoms with Gasteiger partial charge < -0.3 is 14.2 Å². The van der Waals surface area contributed by atoms with Crippen molar-refractivity contribution < 1.29 is 32.2 Å². The highest BCUT2D eigenvalue weighted by molar-refractivity contribution is 5.73. The third-order valence-corrected chi connectivity index (χ3v) is 2.39. The van der Waals surface area contributed by atoms with E-state index in [1.54, 1.807) is 6.92 Å². The van der Waals surface area contributed by atoms with Crippen LogP contribution in [0, 0.1) is 6.92 Å². The molecule has 0 aliphatic carbocycles. The number of methoxy groups -OCH3 is 1. The first kappa shape index (κ1) is 16.1. The zero-order valence-corrected chi connectivity index (χ0v) is 11.2. The number of halogens is 3. The Morgan fingerprint density at radius 2 is 2.05 bits per heavy atom. The molecule has 0 aliphatic heterocycles. The molecule has 0 aliphatic rings. The van der Waals surface area contributed by atoms with Crippen LogP contribution in [0.2, 0.25) is 0 Å². The maximum Gasteiger partial charge on any atom is 0.573 e. The number of aromatic nitrogens is 1. The fraction of sp³-hybridized carbons (Fsp3) is 0.500. The van der Waals surface area contributed by atoms with Crippen molar-refractivity contribution in [3.63, 3.8) is 0 Å². The molecule has 0 aromatic carbocycles. The lowest BCUT2D eigenvalue weighted by molar-refractivity contribution is -0.275. The molecule has 1 aromatic rings. The fourth-order valence-electron chi connectivity index (χ4n) is 1.52. The molecule has 112 valence electrons. The highest BCUT2D eigenvalue weighted by Gasteiger charge is 2.34. The van der Waals surface area contributed by atoms with Crippen LogP contribution in [0.1, 0.15) is 18.2 Å². The van der Waals surface area contributed by atoms with Crippen molar-refractivity contribution in [1.29, 1.82) is 0 Å². The average Bonchev–Trinajstić information content (AvgIpc) is 2.33. The Morgan fingerprint density at radius 1 is 1.40 bits per heavy atom. The van der Waals surface area contributed by atoms with Crippen LogP contribution in [0.25, 0.3) is 0 Å². The molecule has 0 fully saturated rings. The first-order valence-corrected chi connectivity index (χ1v) is 5.72. The van der Waals surface area contributed by atoms with Crippen LogP contribution in [0.15, 0.2) is 6.20 Å². The lowest BCUT2D eigenvalue weighted by Gasteiger charge is -2.16. The molecule has 20 heavy (non-hydrogen) atoms. The molecule has 0 N–H and O–H groups in total. The predicted octanol–water partition coefficient (Wildman–Crippen LogP) is 2.40. The molecule has 0 spiro atoms. The van der Waals surface area contributed by atoms with Crippen molar-refractivity contribution in [2.24, 2.45) is 0 Å². The van der Waals surface area contributed by atoms with Gasteiger partial charge in [0.2, 0.25) is 0 Å². The van der Waals surface area contributed by atoms with E-state index < -0.39 is 18.1 Å². The second kappa shape index (κ2) is 6.44. The molecule has 0 saturated heterocycles. The van der Waals surface area contributed by atoms with Gasteiger partial charge in [0.25, 0.3) is 0 Å². The van der Waals surface area contributed by atoms with Gasteiger partial charge in [-0.05, 0) is 13.8 Å². The summed E-state index contributed by atoms with van der Waals surface area (Å²) in [6.45, 7) is 3.18. The van der Waals surface area contributed by atoms with Gasteiger partial charge in [-0.2, -0.15) is 0 Å². The molecule has 0 atom stereocenters. The number of alkyl halides is 3. The van der Waals surface area contributed by atoms with E-state index in [0.29, 0.717) is 0 Å². The van der Waals surface area contributed by atoms with Gasteiger partial charge in [0, 0.05) is 5.56 Å². The Kier molecular flexibility index (Phi) is 5.18. The number of esters is 1. The van der Waals surface area contributed by atoms with E-state index in [4.69, 9.17) is 9.47 Å². The Labute approximate surface area is 113 Å². The molecule has 0 bridgehead atoms. The van der Waals surface area contributed by atoms with Crippen molar-refractivity contribution >= 4 is 5.97 Å². The van der Waals surface area contributed by atoms with Crippen LogP contribution in [-0.4, -0.2) is 31.0 Å². The van der Waals surface area contributed by atoms with E-state index in [9.17, 15) is 18.0 Å². The number of nitrogens with zero attached hydrogens (tertiary/aromatic N) is 1.